The van der Waals surface area contributed by atoms with Crippen LogP contribution >= 0.6 is 0 Å². The van der Waals surface area contributed by atoms with E-state index < -0.39 is 5.60 Å². The first-order valence-electron chi connectivity index (χ1n) is 10.0. The van der Waals surface area contributed by atoms with E-state index in [-0.39, 0.29) is 12.5 Å². The third kappa shape index (κ3) is 6.24. The van der Waals surface area contributed by atoms with Crippen LogP contribution in [-0.2, 0) is 10.4 Å². The van der Waals surface area contributed by atoms with Gasteiger partial charge in [-0.3, -0.25) is 9.69 Å². The minimum absolute atomic E-state index is 0.148. The predicted molar refractivity (Wildman–Crippen MR) is 110 cm³/mol. The molecule has 2 heterocycles. The highest BCUT2D eigenvalue weighted by Gasteiger charge is 2.27. The molecule has 1 atom stereocenters. The van der Waals surface area contributed by atoms with Crippen LogP contribution in [0.5, 0.6) is 0 Å². The Balaban J connectivity index is 1.85. The molecule has 0 spiro atoms. The molecular formula is C20H35N5O3. The number of guanidine groups is 1. The van der Waals surface area contributed by atoms with Gasteiger partial charge in [-0.15, -0.1) is 0 Å². The highest BCUT2D eigenvalue weighted by atomic mass is 16.3. The summed E-state index contributed by atoms with van der Waals surface area (Å²) in [4.78, 5) is 20.2. The summed E-state index contributed by atoms with van der Waals surface area (Å²) in [7, 11) is 0. The van der Waals surface area contributed by atoms with Crippen molar-refractivity contribution < 1.29 is 14.3 Å². The first kappa shape index (κ1) is 22.2. The molecular weight excluding hydrogens is 358 g/mol. The Morgan fingerprint density at radius 2 is 1.96 bits per heavy atom. The second-order valence-electron chi connectivity index (χ2n) is 7.57. The van der Waals surface area contributed by atoms with Gasteiger partial charge < -0.3 is 25.1 Å². The van der Waals surface area contributed by atoms with Gasteiger partial charge in [0.15, 0.2) is 5.96 Å². The number of rotatable bonds is 7. The number of hydrogen-bond acceptors (Lipinski definition) is 5. The van der Waals surface area contributed by atoms with Gasteiger partial charge in [-0.1, -0.05) is 0 Å². The second kappa shape index (κ2) is 9.93. The number of carbonyl (C=O) groups is 1. The molecule has 158 valence electrons. The Bertz CT molecular complexity index is 675. The minimum atomic E-state index is -1.09. The van der Waals surface area contributed by atoms with Crippen molar-refractivity contribution in [1.82, 2.24) is 20.4 Å². The summed E-state index contributed by atoms with van der Waals surface area (Å²) in [6.45, 7) is 15.1. The summed E-state index contributed by atoms with van der Waals surface area (Å²) in [6.07, 6.45) is 0. The summed E-state index contributed by atoms with van der Waals surface area (Å²) in [5, 5.41) is 17.4. The van der Waals surface area contributed by atoms with Crippen LogP contribution < -0.4 is 10.6 Å². The Hall–Kier alpha value is -2.06. The van der Waals surface area contributed by atoms with E-state index in [2.05, 4.69) is 20.5 Å². The molecule has 8 heteroatoms. The number of aliphatic imine (C=N–C) groups is 1. The van der Waals surface area contributed by atoms with E-state index in [9.17, 15) is 9.90 Å². The average molecular weight is 394 g/mol. The predicted octanol–water partition coefficient (Wildman–Crippen LogP) is 0.823. The number of piperazine rings is 1. The largest absolute Gasteiger partial charge is 0.466 e. The molecule has 3 N–H and O–H groups in total. The molecule has 1 aliphatic rings. The lowest BCUT2D eigenvalue weighted by Gasteiger charge is -2.34. The quantitative estimate of drug-likeness (QED) is 0.469. The third-order valence-electron chi connectivity index (χ3n) is 5.05. The van der Waals surface area contributed by atoms with Crippen molar-refractivity contribution in [2.24, 2.45) is 4.99 Å². The maximum absolute atomic E-state index is 11.4. The summed E-state index contributed by atoms with van der Waals surface area (Å²) >= 11 is 0. The van der Waals surface area contributed by atoms with E-state index in [0.717, 1.165) is 62.9 Å². The van der Waals surface area contributed by atoms with E-state index in [1.807, 2.05) is 31.7 Å². The van der Waals surface area contributed by atoms with Gasteiger partial charge in [0, 0.05) is 58.3 Å². The van der Waals surface area contributed by atoms with Gasteiger partial charge in [-0.2, -0.15) is 0 Å². The standard InChI is InChI=1S/C20H35N5O3/c1-6-21-19(22-7-8-24-9-11-25(12-10-24)17(4)26)23-14-20(5,27)18-13-15(2)28-16(18)3/h13,27H,6-12,14H2,1-5H3,(H2,21,22,23). The van der Waals surface area contributed by atoms with Gasteiger partial charge in [0.1, 0.15) is 17.1 Å². The molecule has 28 heavy (non-hydrogen) atoms. The fourth-order valence-corrected chi connectivity index (χ4v) is 3.44. The summed E-state index contributed by atoms with van der Waals surface area (Å²) < 4.78 is 5.54. The van der Waals surface area contributed by atoms with Gasteiger partial charge in [0.05, 0.1) is 6.54 Å². The van der Waals surface area contributed by atoms with Crippen molar-refractivity contribution in [2.45, 2.75) is 40.2 Å². The highest BCUT2D eigenvalue weighted by Crippen LogP contribution is 2.27. The Morgan fingerprint density at radius 3 is 2.50 bits per heavy atom. The molecule has 1 aromatic heterocycles. The first-order valence-corrected chi connectivity index (χ1v) is 10.0. The zero-order chi connectivity index (χ0) is 20.7. The van der Waals surface area contributed by atoms with E-state index in [4.69, 9.17) is 4.42 Å². The third-order valence-corrected chi connectivity index (χ3v) is 5.05. The maximum atomic E-state index is 11.4. The molecule has 1 aromatic rings. The van der Waals surface area contributed by atoms with E-state index in [1.54, 1.807) is 13.8 Å². The SMILES string of the molecule is CCNC(=NCC(C)(O)c1cc(C)oc1C)NCCN1CCN(C(C)=O)CC1. The van der Waals surface area contributed by atoms with Crippen LogP contribution in [0.25, 0.3) is 0 Å². The molecule has 0 aromatic carbocycles. The van der Waals surface area contributed by atoms with Gasteiger partial charge in [-0.25, -0.2) is 4.99 Å². The van der Waals surface area contributed by atoms with Crippen LogP contribution in [0.1, 0.15) is 37.9 Å². The molecule has 1 fully saturated rings. The van der Waals surface area contributed by atoms with E-state index in [0.29, 0.717) is 5.96 Å². The minimum Gasteiger partial charge on any atom is -0.466 e. The fraction of sp³-hybridized carbons (Fsp3) is 0.700. The van der Waals surface area contributed by atoms with Crippen molar-refractivity contribution in [2.75, 3.05) is 52.4 Å². The van der Waals surface area contributed by atoms with Crippen molar-refractivity contribution in [3.8, 4) is 0 Å². The van der Waals surface area contributed by atoms with E-state index in [1.165, 1.54) is 0 Å². The zero-order valence-corrected chi connectivity index (χ0v) is 17.8. The van der Waals surface area contributed by atoms with Gasteiger partial charge in [0.25, 0.3) is 0 Å². The van der Waals surface area contributed by atoms with Crippen molar-refractivity contribution in [1.29, 1.82) is 0 Å². The summed E-state index contributed by atoms with van der Waals surface area (Å²) in [5.41, 5.74) is -0.319. The van der Waals surface area contributed by atoms with Crippen LogP contribution in [0.15, 0.2) is 15.5 Å². The van der Waals surface area contributed by atoms with Crippen LogP contribution in [0, 0.1) is 13.8 Å². The monoisotopic (exact) mass is 393 g/mol. The molecule has 0 saturated carbocycles. The van der Waals surface area contributed by atoms with Crippen LogP contribution in [0.3, 0.4) is 0 Å². The number of hydrogen-bond donors (Lipinski definition) is 3. The Morgan fingerprint density at radius 1 is 1.29 bits per heavy atom. The van der Waals surface area contributed by atoms with Gasteiger partial charge >= 0.3 is 0 Å². The zero-order valence-electron chi connectivity index (χ0n) is 17.8. The number of furan rings is 1. The number of aryl methyl sites for hydroxylation is 2. The Labute approximate surface area is 168 Å². The lowest BCUT2D eigenvalue weighted by Crippen LogP contribution is -2.50. The van der Waals surface area contributed by atoms with Gasteiger partial charge in [-0.05, 0) is 33.8 Å². The number of nitrogens with zero attached hydrogens (tertiary/aromatic N) is 3. The lowest BCUT2D eigenvalue weighted by molar-refractivity contribution is -0.130. The lowest BCUT2D eigenvalue weighted by atomic mass is 9.96. The summed E-state index contributed by atoms with van der Waals surface area (Å²) in [5.74, 6) is 2.34. The molecule has 1 saturated heterocycles. The molecule has 2 rings (SSSR count). The number of nitrogens with one attached hydrogen (secondary N) is 2. The van der Waals surface area contributed by atoms with Crippen LogP contribution in [0.4, 0.5) is 0 Å². The van der Waals surface area contributed by atoms with Crippen molar-refractivity contribution >= 4 is 11.9 Å². The van der Waals surface area contributed by atoms with Crippen molar-refractivity contribution in [3.63, 3.8) is 0 Å². The summed E-state index contributed by atoms with van der Waals surface area (Å²) in [6, 6.07) is 1.87. The molecule has 8 nitrogen and oxygen atoms in total. The molecule has 1 unspecified atom stereocenters. The molecule has 0 radical (unpaired) electrons. The van der Waals surface area contributed by atoms with Crippen LogP contribution in [0.2, 0.25) is 0 Å². The average Bonchev–Trinajstić information content (AvgIpc) is 2.99. The van der Waals surface area contributed by atoms with Gasteiger partial charge in [0.2, 0.25) is 5.91 Å². The second-order valence-corrected chi connectivity index (χ2v) is 7.57. The molecule has 1 amide bonds. The fourth-order valence-electron chi connectivity index (χ4n) is 3.44. The van der Waals surface area contributed by atoms with Crippen molar-refractivity contribution in [3.05, 3.63) is 23.2 Å². The topological polar surface area (TPSA) is 93.3 Å². The maximum Gasteiger partial charge on any atom is 0.219 e. The number of aliphatic hydroxyl groups is 1. The van der Waals surface area contributed by atoms with Crippen LogP contribution in [-0.4, -0.2) is 79.1 Å². The highest BCUT2D eigenvalue weighted by molar-refractivity contribution is 5.79. The molecule has 0 aliphatic carbocycles. The normalized spacial score (nSPS) is 18.1. The Kier molecular flexibility index (Phi) is 7.88. The first-order chi connectivity index (χ1) is 13.2. The number of amides is 1. The number of carbonyl (C=O) groups excluding carboxylic acids is 1. The smallest absolute Gasteiger partial charge is 0.219 e. The molecule has 1 aliphatic heterocycles. The van der Waals surface area contributed by atoms with E-state index >= 15 is 0 Å². The molecule has 0 bridgehead atoms.